The fraction of sp³-hybridized carbons (Fsp3) is 0.125. The summed E-state index contributed by atoms with van der Waals surface area (Å²) < 4.78 is 0. The van der Waals surface area contributed by atoms with E-state index in [2.05, 4.69) is 16.8 Å². The molecule has 0 aliphatic rings. The van der Waals surface area contributed by atoms with Gasteiger partial charge >= 0.3 is 0 Å². The largest absolute Gasteiger partial charge is 0.384 e. The summed E-state index contributed by atoms with van der Waals surface area (Å²) in [5.74, 6) is 5.08. The van der Waals surface area contributed by atoms with Gasteiger partial charge in [0.2, 0.25) is 0 Å². The van der Waals surface area contributed by atoms with Crippen LogP contribution in [0.4, 0.5) is 0 Å². The first kappa shape index (κ1) is 9.34. The van der Waals surface area contributed by atoms with Gasteiger partial charge in [-0.15, -0.1) is 0 Å². The van der Waals surface area contributed by atoms with Gasteiger partial charge in [0, 0.05) is 12.4 Å². The first-order chi connectivity index (χ1) is 5.75. The molecular formula is C8H5Cl2NO. The lowest BCUT2D eigenvalue weighted by Gasteiger charge is -1.96. The zero-order valence-electron chi connectivity index (χ0n) is 6.01. The van der Waals surface area contributed by atoms with Gasteiger partial charge in [0.1, 0.15) is 6.61 Å². The van der Waals surface area contributed by atoms with Crippen molar-refractivity contribution in [1.82, 2.24) is 4.98 Å². The van der Waals surface area contributed by atoms with Crippen molar-refractivity contribution in [2.75, 3.05) is 6.61 Å². The monoisotopic (exact) mass is 201 g/mol. The average Bonchev–Trinajstić information content (AvgIpc) is 2.04. The molecule has 0 aromatic carbocycles. The summed E-state index contributed by atoms with van der Waals surface area (Å²) in [4.78, 5) is 3.76. The molecule has 0 amide bonds. The van der Waals surface area contributed by atoms with Crippen molar-refractivity contribution in [3.05, 3.63) is 28.0 Å². The minimum Gasteiger partial charge on any atom is -0.384 e. The third-order valence-corrected chi connectivity index (χ3v) is 1.72. The smallest absolute Gasteiger partial charge is 0.104 e. The fourth-order valence-electron chi connectivity index (χ4n) is 0.659. The van der Waals surface area contributed by atoms with Crippen molar-refractivity contribution < 1.29 is 5.11 Å². The van der Waals surface area contributed by atoms with Crippen LogP contribution in [0, 0.1) is 11.8 Å². The Morgan fingerprint density at radius 3 is 2.42 bits per heavy atom. The predicted molar refractivity (Wildman–Crippen MR) is 48.2 cm³/mol. The number of hydrogen-bond acceptors (Lipinski definition) is 2. The molecule has 0 bridgehead atoms. The number of hydrogen-bond donors (Lipinski definition) is 1. The molecule has 1 N–H and O–H groups in total. The molecule has 4 heteroatoms. The molecule has 0 aliphatic heterocycles. The average molecular weight is 202 g/mol. The summed E-state index contributed by atoms with van der Waals surface area (Å²) in [6, 6.07) is 0. The standard InChI is InChI=1S/C8H5Cl2NO/c9-7-4-11-5-8(10)6(7)2-1-3-12/h4-5,12H,3H2. The molecule has 62 valence electrons. The number of aliphatic hydroxyl groups excluding tert-OH is 1. The molecule has 2 nitrogen and oxygen atoms in total. The van der Waals surface area contributed by atoms with E-state index in [0.717, 1.165) is 0 Å². The van der Waals surface area contributed by atoms with E-state index in [0.29, 0.717) is 15.6 Å². The van der Waals surface area contributed by atoms with Gasteiger partial charge in [0.15, 0.2) is 0 Å². The van der Waals surface area contributed by atoms with Crippen LogP contribution in [0.15, 0.2) is 12.4 Å². The van der Waals surface area contributed by atoms with Gasteiger partial charge in [0.05, 0.1) is 15.6 Å². The van der Waals surface area contributed by atoms with Crippen LogP contribution in [0.5, 0.6) is 0 Å². The van der Waals surface area contributed by atoms with Crippen LogP contribution >= 0.6 is 23.2 Å². The highest BCUT2D eigenvalue weighted by Gasteiger charge is 2.01. The predicted octanol–water partition coefficient (Wildman–Crippen LogP) is 1.73. The topological polar surface area (TPSA) is 33.1 Å². The zero-order valence-corrected chi connectivity index (χ0v) is 7.52. The third-order valence-electron chi connectivity index (χ3n) is 1.15. The normalized spacial score (nSPS) is 8.92. The minimum atomic E-state index is -0.213. The van der Waals surface area contributed by atoms with Gasteiger partial charge in [-0.3, -0.25) is 4.98 Å². The van der Waals surface area contributed by atoms with E-state index >= 15 is 0 Å². The molecule has 1 aromatic heterocycles. The molecule has 0 spiro atoms. The number of pyridine rings is 1. The Bertz CT molecular complexity index is 320. The Labute approximate surface area is 80.1 Å². The number of halogens is 2. The lowest BCUT2D eigenvalue weighted by molar-refractivity contribution is 0.350. The van der Waals surface area contributed by atoms with Crippen molar-refractivity contribution >= 4 is 23.2 Å². The number of aromatic nitrogens is 1. The van der Waals surface area contributed by atoms with Crippen molar-refractivity contribution in [2.45, 2.75) is 0 Å². The molecule has 0 unspecified atom stereocenters. The number of rotatable bonds is 0. The maximum Gasteiger partial charge on any atom is 0.104 e. The van der Waals surface area contributed by atoms with Gasteiger partial charge in [-0.05, 0) is 0 Å². The first-order valence-corrected chi connectivity index (χ1v) is 3.90. The van der Waals surface area contributed by atoms with Crippen LogP contribution in [-0.2, 0) is 0 Å². The number of nitrogens with zero attached hydrogens (tertiary/aromatic N) is 1. The summed E-state index contributed by atoms with van der Waals surface area (Å²) >= 11 is 11.5. The quantitative estimate of drug-likeness (QED) is 0.650. The summed E-state index contributed by atoms with van der Waals surface area (Å²) in [5.41, 5.74) is 0.502. The second-order valence-electron chi connectivity index (χ2n) is 1.94. The van der Waals surface area contributed by atoms with E-state index in [-0.39, 0.29) is 6.61 Å². The second-order valence-corrected chi connectivity index (χ2v) is 2.75. The SMILES string of the molecule is OCC#Cc1c(Cl)cncc1Cl. The van der Waals surface area contributed by atoms with Crippen LogP contribution in [-0.4, -0.2) is 16.7 Å². The first-order valence-electron chi connectivity index (χ1n) is 3.14. The molecule has 0 aliphatic carbocycles. The third kappa shape index (κ3) is 2.12. The van der Waals surface area contributed by atoms with E-state index < -0.39 is 0 Å². The Morgan fingerprint density at radius 1 is 1.33 bits per heavy atom. The van der Waals surface area contributed by atoms with Gasteiger partial charge in [-0.25, -0.2) is 0 Å². The summed E-state index contributed by atoms with van der Waals surface area (Å²) in [5, 5.41) is 9.22. The molecule has 0 fully saturated rings. The Hall–Kier alpha value is -0.750. The molecule has 1 aromatic rings. The Kier molecular flexibility index (Phi) is 3.36. The summed E-state index contributed by atoms with van der Waals surface area (Å²) in [6.07, 6.45) is 2.91. The van der Waals surface area contributed by atoms with Gasteiger partial charge in [-0.2, -0.15) is 0 Å². The van der Waals surface area contributed by atoms with Crippen LogP contribution in [0.1, 0.15) is 5.56 Å². The van der Waals surface area contributed by atoms with Gasteiger partial charge in [-0.1, -0.05) is 35.0 Å². The summed E-state index contributed by atoms with van der Waals surface area (Å²) in [7, 11) is 0. The highest BCUT2D eigenvalue weighted by molar-refractivity contribution is 6.36. The minimum absolute atomic E-state index is 0.213. The molecule has 0 saturated heterocycles. The van der Waals surface area contributed by atoms with Crippen molar-refractivity contribution in [1.29, 1.82) is 0 Å². The van der Waals surface area contributed by atoms with E-state index in [1.165, 1.54) is 12.4 Å². The molecular weight excluding hydrogens is 197 g/mol. The maximum atomic E-state index is 8.43. The lowest BCUT2D eigenvalue weighted by atomic mass is 10.3. The highest BCUT2D eigenvalue weighted by Crippen LogP contribution is 2.21. The molecule has 0 saturated carbocycles. The maximum absolute atomic E-state index is 8.43. The van der Waals surface area contributed by atoms with Gasteiger partial charge in [0.25, 0.3) is 0 Å². The lowest BCUT2D eigenvalue weighted by Crippen LogP contribution is -1.82. The zero-order chi connectivity index (χ0) is 8.97. The molecule has 1 heterocycles. The summed E-state index contributed by atoms with van der Waals surface area (Å²) in [6.45, 7) is -0.213. The van der Waals surface area contributed by atoms with Crippen LogP contribution < -0.4 is 0 Å². The van der Waals surface area contributed by atoms with E-state index in [9.17, 15) is 0 Å². The van der Waals surface area contributed by atoms with Crippen molar-refractivity contribution in [3.8, 4) is 11.8 Å². The van der Waals surface area contributed by atoms with E-state index in [1.54, 1.807) is 0 Å². The van der Waals surface area contributed by atoms with Crippen molar-refractivity contribution in [2.24, 2.45) is 0 Å². The molecule has 0 atom stereocenters. The molecule has 0 radical (unpaired) electrons. The van der Waals surface area contributed by atoms with E-state index in [4.69, 9.17) is 28.3 Å². The van der Waals surface area contributed by atoms with Crippen LogP contribution in [0.25, 0.3) is 0 Å². The molecule has 12 heavy (non-hydrogen) atoms. The van der Waals surface area contributed by atoms with Crippen LogP contribution in [0.3, 0.4) is 0 Å². The van der Waals surface area contributed by atoms with Crippen LogP contribution in [0.2, 0.25) is 10.0 Å². The highest BCUT2D eigenvalue weighted by atomic mass is 35.5. The molecule has 1 rings (SSSR count). The van der Waals surface area contributed by atoms with Crippen molar-refractivity contribution in [3.63, 3.8) is 0 Å². The van der Waals surface area contributed by atoms with E-state index in [1.807, 2.05) is 0 Å². The Balaban J connectivity index is 3.13. The van der Waals surface area contributed by atoms with Gasteiger partial charge < -0.3 is 5.11 Å². The second kappa shape index (κ2) is 4.32. The fourth-order valence-corrected chi connectivity index (χ4v) is 1.12. The number of aliphatic hydroxyl groups is 1. The Morgan fingerprint density at radius 2 is 1.92 bits per heavy atom.